The minimum Gasteiger partial charge on any atom is -0.330 e. The standard InChI is InChI=1S/C16H25N3O2/c1-12(13-7-5-8-15(10-13)19(20)21)18(2)16-9-4-3-6-14(16)11-17/h5,7-8,10,12,14,16H,3-4,6,9,11,17H2,1-2H3. The van der Waals surface area contributed by atoms with Crippen molar-refractivity contribution in [3.8, 4) is 0 Å². The second kappa shape index (κ2) is 7.00. The molecule has 116 valence electrons. The van der Waals surface area contributed by atoms with Gasteiger partial charge in [-0.2, -0.15) is 0 Å². The quantitative estimate of drug-likeness (QED) is 0.668. The Bertz CT molecular complexity index is 492. The van der Waals surface area contributed by atoms with Gasteiger partial charge < -0.3 is 5.73 Å². The number of hydrogen-bond acceptors (Lipinski definition) is 4. The summed E-state index contributed by atoms with van der Waals surface area (Å²) in [5.74, 6) is 0.532. The number of nitrogens with zero attached hydrogens (tertiary/aromatic N) is 2. The second-order valence-corrected chi connectivity index (χ2v) is 6.04. The minimum atomic E-state index is -0.334. The summed E-state index contributed by atoms with van der Waals surface area (Å²) in [4.78, 5) is 12.9. The summed E-state index contributed by atoms with van der Waals surface area (Å²) in [5, 5.41) is 10.9. The number of hydrogen-bond donors (Lipinski definition) is 1. The average molecular weight is 291 g/mol. The predicted molar refractivity (Wildman–Crippen MR) is 84.1 cm³/mol. The first kappa shape index (κ1) is 15.9. The van der Waals surface area contributed by atoms with Crippen molar-refractivity contribution in [1.82, 2.24) is 4.90 Å². The Morgan fingerprint density at radius 3 is 2.81 bits per heavy atom. The first-order valence-electron chi connectivity index (χ1n) is 7.71. The monoisotopic (exact) mass is 291 g/mol. The van der Waals surface area contributed by atoms with Gasteiger partial charge in [0.2, 0.25) is 0 Å². The Kier molecular flexibility index (Phi) is 5.31. The SMILES string of the molecule is CC(c1cccc([N+](=O)[O-])c1)N(C)C1CCCCC1CN. The number of nitrogens with two attached hydrogens (primary N) is 1. The molecule has 0 radical (unpaired) electrons. The van der Waals surface area contributed by atoms with Crippen LogP contribution in [0.2, 0.25) is 0 Å². The Labute approximate surface area is 126 Å². The largest absolute Gasteiger partial charge is 0.330 e. The molecule has 3 atom stereocenters. The van der Waals surface area contributed by atoms with Crippen LogP contribution in [0.15, 0.2) is 24.3 Å². The minimum absolute atomic E-state index is 0.155. The predicted octanol–water partition coefficient (Wildman–Crippen LogP) is 3.11. The van der Waals surface area contributed by atoms with Crippen molar-refractivity contribution >= 4 is 5.69 Å². The van der Waals surface area contributed by atoms with E-state index in [0.717, 1.165) is 18.5 Å². The summed E-state index contributed by atoms with van der Waals surface area (Å²) < 4.78 is 0. The van der Waals surface area contributed by atoms with Crippen molar-refractivity contribution in [3.05, 3.63) is 39.9 Å². The second-order valence-electron chi connectivity index (χ2n) is 6.04. The topological polar surface area (TPSA) is 72.4 Å². The molecule has 0 saturated heterocycles. The fourth-order valence-electron chi connectivity index (χ4n) is 3.42. The van der Waals surface area contributed by atoms with E-state index in [0.29, 0.717) is 12.0 Å². The molecule has 0 spiro atoms. The zero-order valence-electron chi connectivity index (χ0n) is 12.9. The van der Waals surface area contributed by atoms with E-state index in [9.17, 15) is 10.1 Å². The van der Waals surface area contributed by atoms with Gasteiger partial charge in [-0.05, 0) is 44.8 Å². The third-order valence-electron chi connectivity index (χ3n) is 4.87. The van der Waals surface area contributed by atoms with Gasteiger partial charge in [0.15, 0.2) is 0 Å². The molecule has 0 heterocycles. The van der Waals surface area contributed by atoms with Gasteiger partial charge in [-0.15, -0.1) is 0 Å². The van der Waals surface area contributed by atoms with Crippen molar-refractivity contribution in [3.63, 3.8) is 0 Å². The number of nitro benzene ring substituents is 1. The lowest BCUT2D eigenvalue weighted by Crippen LogP contribution is -2.44. The maximum absolute atomic E-state index is 10.9. The van der Waals surface area contributed by atoms with Crippen LogP contribution in [0.5, 0.6) is 0 Å². The Morgan fingerprint density at radius 1 is 1.43 bits per heavy atom. The lowest BCUT2D eigenvalue weighted by molar-refractivity contribution is -0.385. The highest BCUT2D eigenvalue weighted by molar-refractivity contribution is 5.35. The van der Waals surface area contributed by atoms with Gasteiger partial charge in [0, 0.05) is 24.2 Å². The lowest BCUT2D eigenvalue weighted by Gasteiger charge is -2.40. The Morgan fingerprint density at radius 2 is 2.14 bits per heavy atom. The van der Waals surface area contributed by atoms with Crippen LogP contribution in [0.1, 0.15) is 44.2 Å². The van der Waals surface area contributed by atoms with Crippen molar-refractivity contribution in [2.24, 2.45) is 11.7 Å². The van der Waals surface area contributed by atoms with Crippen LogP contribution in [0.3, 0.4) is 0 Å². The van der Waals surface area contributed by atoms with Crippen LogP contribution in [-0.2, 0) is 0 Å². The highest BCUT2D eigenvalue weighted by Crippen LogP contribution is 2.32. The van der Waals surface area contributed by atoms with Crippen LogP contribution >= 0.6 is 0 Å². The van der Waals surface area contributed by atoms with Crippen LogP contribution in [-0.4, -0.2) is 29.5 Å². The molecular weight excluding hydrogens is 266 g/mol. The smallest absolute Gasteiger partial charge is 0.269 e. The highest BCUT2D eigenvalue weighted by Gasteiger charge is 2.30. The van der Waals surface area contributed by atoms with E-state index in [-0.39, 0.29) is 16.7 Å². The molecule has 2 rings (SSSR count). The molecule has 1 aromatic rings. The molecule has 1 aliphatic rings. The first-order chi connectivity index (χ1) is 10.0. The van der Waals surface area contributed by atoms with E-state index in [1.54, 1.807) is 18.2 Å². The van der Waals surface area contributed by atoms with Crippen molar-refractivity contribution in [2.75, 3.05) is 13.6 Å². The molecule has 1 aromatic carbocycles. The van der Waals surface area contributed by atoms with Gasteiger partial charge in [0.05, 0.1) is 4.92 Å². The molecule has 1 saturated carbocycles. The van der Waals surface area contributed by atoms with Crippen molar-refractivity contribution in [1.29, 1.82) is 0 Å². The van der Waals surface area contributed by atoms with E-state index in [1.165, 1.54) is 19.3 Å². The number of nitro groups is 1. The van der Waals surface area contributed by atoms with Gasteiger partial charge in [0.25, 0.3) is 5.69 Å². The van der Waals surface area contributed by atoms with E-state index < -0.39 is 0 Å². The molecule has 0 aromatic heterocycles. The molecule has 5 heteroatoms. The van der Waals surface area contributed by atoms with Gasteiger partial charge in [-0.3, -0.25) is 15.0 Å². The molecule has 1 aliphatic carbocycles. The molecule has 1 fully saturated rings. The maximum atomic E-state index is 10.9. The van der Waals surface area contributed by atoms with Gasteiger partial charge in [-0.1, -0.05) is 25.0 Å². The number of benzene rings is 1. The zero-order chi connectivity index (χ0) is 15.4. The van der Waals surface area contributed by atoms with E-state index in [4.69, 9.17) is 5.73 Å². The third-order valence-corrected chi connectivity index (χ3v) is 4.87. The molecule has 3 unspecified atom stereocenters. The van der Waals surface area contributed by atoms with Crippen LogP contribution < -0.4 is 5.73 Å². The molecule has 0 aliphatic heterocycles. The van der Waals surface area contributed by atoms with Crippen LogP contribution in [0.25, 0.3) is 0 Å². The molecule has 21 heavy (non-hydrogen) atoms. The fourth-order valence-corrected chi connectivity index (χ4v) is 3.42. The van der Waals surface area contributed by atoms with Crippen molar-refractivity contribution < 1.29 is 4.92 Å². The zero-order valence-corrected chi connectivity index (χ0v) is 12.9. The third kappa shape index (κ3) is 3.60. The average Bonchev–Trinajstić information content (AvgIpc) is 2.53. The van der Waals surface area contributed by atoms with E-state index in [2.05, 4.69) is 18.9 Å². The van der Waals surface area contributed by atoms with Crippen LogP contribution in [0.4, 0.5) is 5.69 Å². The summed E-state index contributed by atoms with van der Waals surface area (Å²) >= 11 is 0. The summed E-state index contributed by atoms with van der Waals surface area (Å²) in [7, 11) is 2.11. The summed E-state index contributed by atoms with van der Waals surface area (Å²) in [6, 6.07) is 7.58. The Balaban J connectivity index is 2.16. The number of rotatable bonds is 5. The number of non-ortho nitro benzene ring substituents is 1. The van der Waals surface area contributed by atoms with Crippen LogP contribution in [0, 0.1) is 16.0 Å². The van der Waals surface area contributed by atoms with Crippen molar-refractivity contribution in [2.45, 2.75) is 44.7 Å². The summed E-state index contributed by atoms with van der Waals surface area (Å²) in [5.41, 5.74) is 7.07. The van der Waals surface area contributed by atoms with E-state index >= 15 is 0 Å². The summed E-state index contributed by atoms with van der Waals surface area (Å²) in [6.07, 6.45) is 4.86. The molecule has 0 amide bonds. The lowest BCUT2D eigenvalue weighted by atomic mass is 9.83. The highest BCUT2D eigenvalue weighted by atomic mass is 16.6. The van der Waals surface area contributed by atoms with Gasteiger partial charge in [0.1, 0.15) is 0 Å². The fraction of sp³-hybridized carbons (Fsp3) is 0.625. The van der Waals surface area contributed by atoms with Gasteiger partial charge in [-0.25, -0.2) is 0 Å². The molecule has 0 bridgehead atoms. The van der Waals surface area contributed by atoms with E-state index in [1.807, 2.05) is 6.07 Å². The molecule has 2 N–H and O–H groups in total. The Hall–Kier alpha value is -1.46. The molecule has 5 nitrogen and oxygen atoms in total. The maximum Gasteiger partial charge on any atom is 0.269 e. The first-order valence-corrected chi connectivity index (χ1v) is 7.71. The van der Waals surface area contributed by atoms with Gasteiger partial charge >= 0.3 is 0 Å². The summed E-state index contributed by atoms with van der Waals surface area (Å²) in [6.45, 7) is 2.83. The molecular formula is C16H25N3O2. The normalized spacial score (nSPS) is 24.0.